The molecule has 3 aromatic rings. The predicted octanol–water partition coefficient (Wildman–Crippen LogP) is 7.15. The number of allylic oxidation sites excluding steroid dienone is 2. The highest BCUT2D eigenvalue weighted by Gasteiger charge is 2.43. The fourth-order valence-electron chi connectivity index (χ4n) is 5.91. The lowest BCUT2D eigenvalue weighted by Gasteiger charge is -2.33. The van der Waals surface area contributed by atoms with Crippen molar-refractivity contribution in [3.05, 3.63) is 51.8 Å². The summed E-state index contributed by atoms with van der Waals surface area (Å²) in [5, 5.41) is 21.1. The Hall–Kier alpha value is -3.39. The number of anilines is 2. The molecule has 0 radical (unpaired) electrons. The second-order valence-electron chi connectivity index (χ2n) is 11.4. The lowest BCUT2D eigenvalue weighted by Crippen LogP contribution is -2.40. The summed E-state index contributed by atoms with van der Waals surface area (Å²) in [4.78, 5) is 9.78. The first-order chi connectivity index (χ1) is 18.7. The van der Waals surface area contributed by atoms with Crippen LogP contribution in [0, 0.1) is 25.7 Å². The molecule has 2 aliphatic rings. The van der Waals surface area contributed by atoms with Crippen molar-refractivity contribution in [3.63, 3.8) is 0 Å². The number of hydrogen-bond donors (Lipinski definition) is 3. The molecule has 39 heavy (non-hydrogen) atoms. The summed E-state index contributed by atoms with van der Waals surface area (Å²) >= 11 is 0. The van der Waals surface area contributed by atoms with Crippen molar-refractivity contribution in [3.8, 4) is 11.3 Å². The molecule has 0 bridgehead atoms. The Balaban J connectivity index is 1.56. The van der Waals surface area contributed by atoms with E-state index in [4.69, 9.17) is 18.9 Å². The summed E-state index contributed by atoms with van der Waals surface area (Å²) in [5.74, 6) is 4.20. The zero-order valence-electron chi connectivity index (χ0n) is 24.0. The van der Waals surface area contributed by atoms with E-state index in [1.54, 1.807) is 0 Å². The summed E-state index contributed by atoms with van der Waals surface area (Å²) in [7, 11) is 0. The van der Waals surface area contributed by atoms with Gasteiger partial charge in [0.15, 0.2) is 0 Å². The van der Waals surface area contributed by atoms with Gasteiger partial charge in [-0.2, -0.15) is 4.98 Å². The molecule has 0 aliphatic heterocycles. The van der Waals surface area contributed by atoms with Crippen molar-refractivity contribution in [2.45, 2.75) is 85.7 Å². The molecule has 0 amide bonds. The Morgan fingerprint density at radius 2 is 1.87 bits per heavy atom. The molecule has 1 fully saturated rings. The minimum absolute atomic E-state index is 0.196. The lowest BCUT2D eigenvalue weighted by molar-refractivity contribution is 0.187. The summed E-state index contributed by atoms with van der Waals surface area (Å²) < 4.78 is 11.7. The molecular weight excluding hydrogens is 490 g/mol. The fraction of sp³-hybridized carbons (Fsp3) is 0.516. The molecule has 0 spiro atoms. The van der Waals surface area contributed by atoms with Crippen LogP contribution in [0.5, 0.6) is 0 Å². The maximum Gasteiger partial charge on any atom is 0.225 e. The van der Waals surface area contributed by atoms with E-state index < -0.39 is 0 Å². The standard InChI is InChI=1S/C31H41N5O3/c1-7-21-12-22(8-2)14-26-24(13-21)15-27(38-26)28-20(5)33-30(32-16-25-11-18(3)39-36-25)34-29(28)35-31(6)10-9-23(17-37)19(31)4/h11,13-15,19,23,37H,7-10,12,16-17H2,1-6H3,(H2,32,33,34,35). The fourth-order valence-corrected chi connectivity index (χ4v) is 5.91. The summed E-state index contributed by atoms with van der Waals surface area (Å²) in [6, 6.07) is 4.02. The Labute approximate surface area is 231 Å². The smallest absolute Gasteiger partial charge is 0.225 e. The van der Waals surface area contributed by atoms with Crippen LogP contribution in [0.4, 0.5) is 11.8 Å². The van der Waals surface area contributed by atoms with Crippen LogP contribution in [0.3, 0.4) is 0 Å². The van der Waals surface area contributed by atoms with Gasteiger partial charge in [0.25, 0.3) is 0 Å². The minimum Gasteiger partial charge on any atom is -0.456 e. The molecule has 3 atom stereocenters. The van der Waals surface area contributed by atoms with Gasteiger partial charge in [-0.05, 0) is 76.9 Å². The summed E-state index contributed by atoms with van der Waals surface area (Å²) in [6.45, 7) is 13.4. The Kier molecular flexibility index (Phi) is 7.67. The number of hydrogen-bond acceptors (Lipinski definition) is 8. The van der Waals surface area contributed by atoms with Gasteiger partial charge in [-0.1, -0.05) is 43.2 Å². The molecule has 3 aromatic heterocycles. The maximum absolute atomic E-state index is 9.93. The first kappa shape index (κ1) is 27.2. The average molecular weight is 532 g/mol. The van der Waals surface area contributed by atoms with Crippen LogP contribution < -0.4 is 10.6 Å². The monoisotopic (exact) mass is 531 g/mol. The van der Waals surface area contributed by atoms with Gasteiger partial charge in [0.05, 0.1) is 17.8 Å². The molecular formula is C31H41N5O3. The highest BCUT2D eigenvalue weighted by Crippen LogP contribution is 2.44. The summed E-state index contributed by atoms with van der Waals surface area (Å²) in [6.07, 6.45) is 9.39. The van der Waals surface area contributed by atoms with Crippen molar-refractivity contribution in [2.75, 3.05) is 17.2 Å². The van der Waals surface area contributed by atoms with Crippen LogP contribution in [-0.4, -0.2) is 32.4 Å². The number of nitrogens with zero attached hydrogens (tertiary/aromatic N) is 3. The second kappa shape index (κ2) is 11.0. The second-order valence-corrected chi connectivity index (χ2v) is 11.4. The van der Waals surface area contributed by atoms with E-state index in [1.807, 2.05) is 19.9 Å². The van der Waals surface area contributed by atoms with Crippen molar-refractivity contribution in [1.29, 1.82) is 0 Å². The molecule has 8 heteroatoms. The van der Waals surface area contributed by atoms with Crippen LogP contribution in [0.1, 0.15) is 88.3 Å². The molecule has 5 rings (SSSR count). The topological polar surface area (TPSA) is 109 Å². The molecule has 3 N–H and O–H groups in total. The van der Waals surface area contributed by atoms with E-state index in [9.17, 15) is 5.11 Å². The first-order valence-electron chi connectivity index (χ1n) is 14.2. The number of nitrogens with one attached hydrogen (secondary N) is 2. The van der Waals surface area contributed by atoms with E-state index in [-0.39, 0.29) is 24.0 Å². The first-order valence-corrected chi connectivity index (χ1v) is 14.2. The Bertz CT molecular complexity index is 1360. The number of fused-ring (bicyclic) bond motifs is 1. The van der Waals surface area contributed by atoms with E-state index in [0.29, 0.717) is 12.5 Å². The number of aliphatic hydroxyl groups is 1. The van der Waals surface area contributed by atoms with E-state index in [2.05, 4.69) is 61.7 Å². The van der Waals surface area contributed by atoms with Gasteiger partial charge in [-0.25, -0.2) is 4.98 Å². The van der Waals surface area contributed by atoms with Gasteiger partial charge in [-0.3, -0.25) is 0 Å². The third-order valence-corrected chi connectivity index (χ3v) is 8.67. The largest absolute Gasteiger partial charge is 0.456 e. The third kappa shape index (κ3) is 5.53. The Morgan fingerprint density at radius 3 is 2.54 bits per heavy atom. The normalized spacial score (nSPS) is 22.7. The van der Waals surface area contributed by atoms with Crippen molar-refractivity contribution >= 4 is 23.9 Å². The van der Waals surface area contributed by atoms with Gasteiger partial charge in [-0.15, -0.1) is 0 Å². The number of aliphatic hydroxyl groups excluding tert-OH is 1. The number of aromatic nitrogens is 3. The lowest BCUT2D eigenvalue weighted by atomic mass is 9.86. The third-order valence-electron chi connectivity index (χ3n) is 8.67. The van der Waals surface area contributed by atoms with Crippen LogP contribution in [0.25, 0.3) is 23.5 Å². The van der Waals surface area contributed by atoms with Gasteiger partial charge in [0.1, 0.15) is 28.8 Å². The van der Waals surface area contributed by atoms with Gasteiger partial charge in [0.2, 0.25) is 5.95 Å². The van der Waals surface area contributed by atoms with Crippen LogP contribution in [0.2, 0.25) is 0 Å². The van der Waals surface area contributed by atoms with Gasteiger partial charge in [0, 0.05) is 23.8 Å². The van der Waals surface area contributed by atoms with Crippen LogP contribution in [0.15, 0.2) is 32.2 Å². The molecule has 0 saturated heterocycles. The van der Waals surface area contributed by atoms with Crippen molar-refractivity contribution < 1.29 is 14.0 Å². The average Bonchev–Trinajstić information content (AvgIpc) is 3.55. The maximum atomic E-state index is 9.93. The quantitative estimate of drug-likeness (QED) is 0.267. The number of aryl methyl sites for hydroxylation is 2. The molecule has 3 unspecified atom stereocenters. The highest BCUT2D eigenvalue weighted by molar-refractivity contribution is 5.80. The van der Waals surface area contributed by atoms with E-state index in [1.165, 1.54) is 11.1 Å². The molecule has 2 aliphatic carbocycles. The SMILES string of the molecule is CCC1=Cc2cc(-c3c(C)nc(NCc4cc(C)on4)nc3NC3(C)CCC(CO)C3C)oc2C=C(CC)C1. The number of rotatable bonds is 9. The highest BCUT2D eigenvalue weighted by atomic mass is 16.5. The zero-order valence-corrected chi connectivity index (χ0v) is 24.0. The van der Waals surface area contributed by atoms with Crippen LogP contribution in [-0.2, 0) is 6.54 Å². The molecule has 3 heterocycles. The minimum atomic E-state index is -0.225. The molecule has 1 saturated carbocycles. The molecule has 208 valence electrons. The van der Waals surface area contributed by atoms with E-state index >= 15 is 0 Å². The van der Waals surface area contributed by atoms with Gasteiger partial charge < -0.3 is 24.7 Å². The predicted molar refractivity (Wildman–Crippen MR) is 155 cm³/mol. The van der Waals surface area contributed by atoms with Crippen molar-refractivity contribution in [1.82, 2.24) is 15.1 Å². The number of furan rings is 1. The molecule has 0 aromatic carbocycles. The summed E-state index contributed by atoms with van der Waals surface area (Å²) in [5.41, 5.74) is 6.13. The Morgan fingerprint density at radius 1 is 1.10 bits per heavy atom. The van der Waals surface area contributed by atoms with Crippen LogP contribution >= 0.6 is 0 Å². The molecule has 8 nitrogen and oxygen atoms in total. The van der Waals surface area contributed by atoms with Gasteiger partial charge >= 0.3 is 0 Å². The van der Waals surface area contributed by atoms with Crippen molar-refractivity contribution in [2.24, 2.45) is 11.8 Å². The zero-order chi connectivity index (χ0) is 27.7. The van der Waals surface area contributed by atoms with E-state index in [0.717, 1.165) is 77.7 Å².